The van der Waals surface area contributed by atoms with Gasteiger partial charge in [0.15, 0.2) is 0 Å². The third-order valence-corrected chi connectivity index (χ3v) is 4.63. The number of nitrogens with zero attached hydrogens (tertiary/aromatic N) is 1. The van der Waals surface area contributed by atoms with Gasteiger partial charge in [-0.1, -0.05) is 32.9 Å². The van der Waals surface area contributed by atoms with E-state index < -0.39 is 0 Å². The highest BCUT2D eigenvalue weighted by atomic mass is 32.1. The van der Waals surface area contributed by atoms with Crippen molar-refractivity contribution >= 4 is 11.3 Å². The zero-order valence-electron chi connectivity index (χ0n) is 12.7. The first kappa shape index (κ1) is 14.7. The molecule has 1 N–H and O–H groups in total. The van der Waals surface area contributed by atoms with Crippen molar-refractivity contribution in [2.45, 2.75) is 51.1 Å². The van der Waals surface area contributed by atoms with Crippen LogP contribution in [0.25, 0.3) is 0 Å². The Morgan fingerprint density at radius 2 is 1.90 bits per heavy atom. The minimum absolute atomic E-state index is 0.0572. The van der Waals surface area contributed by atoms with E-state index in [0.717, 1.165) is 16.3 Å². The van der Waals surface area contributed by atoms with Crippen LogP contribution in [-0.4, -0.2) is 11.0 Å². The lowest BCUT2D eigenvalue weighted by molar-refractivity contribution is 0.556. The standard InChI is InChI=1S/C17H21FN2S/c1-17(2,3)14-10-21-16(20-14)15(19-13-8-9-13)11-4-6-12(18)7-5-11/h4-7,10,13,15,19H,8-9H2,1-3H3. The number of nitrogens with one attached hydrogen (secondary N) is 1. The maximum absolute atomic E-state index is 13.2. The number of halogens is 1. The van der Waals surface area contributed by atoms with Gasteiger partial charge in [0, 0.05) is 16.8 Å². The predicted molar refractivity (Wildman–Crippen MR) is 85.2 cm³/mol. The molecule has 0 saturated heterocycles. The molecule has 1 aliphatic rings. The fourth-order valence-corrected chi connectivity index (χ4v) is 3.35. The van der Waals surface area contributed by atoms with Crippen molar-refractivity contribution in [3.05, 3.63) is 51.7 Å². The van der Waals surface area contributed by atoms with Crippen LogP contribution >= 0.6 is 11.3 Å². The highest BCUT2D eigenvalue weighted by molar-refractivity contribution is 7.09. The summed E-state index contributed by atoms with van der Waals surface area (Å²) >= 11 is 1.69. The van der Waals surface area contributed by atoms with Crippen LogP contribution < -0.4 is 5.32 Å². The predicted octanol–water partition coefficient (Wildman–Crippen LogP) is 4.42. The lowest BCUT2D eigenvalue weighted by Gasteiger charge is -2.18. The second-order valence-corrected chi connectivity index (χ2v) is 7.64. The molecule has 1 aromatic carbocycles. The van der Waals surface area contributed by atoms with E-state index in [9.17, 15) is 4.39 Å². The molecular formula is C17H21FN2S. The van der Waals surface area contributed by atoms with E-state index in [4.69, 9.17) is 4.98 Å². The molecule has 4 heteroatoms. The van der Waals surface area contributed by atoms with Gasteiger partial charge in [-0.05, 0) is 30.5 Å². The van der Waals surface area contributed by atoms with Gasteiger partial charge in [-0.15, -0.1) is 11.3 Å². The molecule has 21 heavy (non-hydrogen) atoms. The summed E-state index contributed by atoms with van der Waals surface area (Å²) in [5.41, 5.74) is 2.26. The van der Waals surface area contributed by atoms with Crippen LogP contribution in [0.2, 0.25) is 0 Å². The molecule has 0 radical (unpaired) electrons. The largest absolute Gasteiger partial charge is 0.301 e. The van der Waals surface area contributed by atoms with E-state index in [0.29, 0.717) is 6.04 Å². The molecule has 1 unspecified atom stereocenters. The average molecular weight is 304 g/mol. The summed E-state index contributed by atoms with van der Waals surface area (Å²) in [6, 6.07) is 7.40. The summed E-state index contributed by atoms with van der Waals surface area (Å²) in [5, 5.41) is 6.84. The number of hydrogen-bond donors (Lipinski definition) is 1. The first-order chi connectivity index (χ1) is 9.93. The molecule has 0 bridgehead atoms. The smallest absolute Gasteiger partial charge is 0.123 e. The van der Waals surface area contributed by atoms with Crippen LogP contribution in [0.5, 0.6) is 0 Å². The van der Waals surface area contributed by atoms with Gasteiger partial charge in [-0.2, -0.15) is 0 Å². The maximum atomic E-state index is 13.2. The summed E-state index contributed by atoms with van der Waals surface area (Å²) in [6.07, 6.45) is 2.43. The van der Waals surface area contributed by atoms with Crippen LogP contribution in [0.4, 0.5) is 4.39 Å². The molecule has 0 aliphatic heterocycles. The van der Waals surface area contributed by atoms with Crippen molar-refractivity contribution in [2.24, 2.45) is 0 Å². The fourth-order valence-electron chi connectivity index (χ4n) is 2.22. The van der Waals surface area contributed by atoms with E-state index in [1.165, 1.54) is 25.0 Å². The molecule has 1 aliphatic carbocycles. The van der Waals surface area contributed by atoms with Gasteiger partial charge in [0.2, 0.25) is 0 Å². The molecule has 2 aromatic rings. The van der Waals surface area contributed by atoms with E-state index in [2.05, 4.69) is 31.5 Å². The summed E-state index contributed by atoms with van der Waals surface area (Å²) in [5.74, 6) is -0.196. The van der Waals surface area contributed by atoms with Crippen LogP contribution in [0.15, 0.2) is 29.6 Å². The van der Waals surface area contributed by atoms with Gasteiger partial charge in [0.25, 0.3) is 0 Å². The molecule has 1 atom stereocenters. The molecule has 1 aromatic heterocycles. The van der Waals surface area contributed by atoms with Crippen LogP contribution in [0.1, 0.15) is 55.9 Å². The third kappa shape index (κ3) is 3.50. The van der Waals surface area contributed by atoms with Gasteiger partial charge >= 0.3 is 0 Å². The Hall–Kier alpha value is -1.26. The Labute approximate surface area is 129 Å². The van der Waals surface area contributed by atoms with Crippen LogP contribution in [0.3, 0.4) is 0 Å². The van der Waals surface area contributed by atoms with Crippen molar-refractivity contribution in [3.63, 3.8) is 0 Å². The summed E-state index contributed by atoms with van der Waals surface area (Å²) < 4.78 is 13.2. The highest BCUT2D eigenvalue weighted by Crippen LogP contribution is 2.33. The molecule has 0 spiro atoms. The highest BCUT2D eigenvalue weighted by Gasteiger charge is 2.29. The number of aromatic nitrogens is 1. The molecule has 1 fully saturated rings. The van der Waals surface area contributed by atoms with Gasteiger partial charge in [0.1, 0.15) is 10.8 Å². The number of hydrogen-bond acceptors (Lipinski definition) is 3. The minimum atomic E-state index is -0.196. The zero-order chi connectivity index (χ0) is 15.0. The SMILES string of the molecule is CC(C)(C)c1csc(C(NC2CC2)c2ccc(F)cc2)n1. The minimum Gasteiger partial charge on any atom is -0.301 e. The van der Waals surface area contributed by atoms with Gasteiger partial charge in [-0.25, -0.2) is 9.37 Å². The molecule has 1 saturated carbocycles. The van der Waals surface area contributed by atoms with Gasteiger partial charge in [-0.3, -0.25) is 0 Å². The van der Waals surface area contributed by atoms with Gasteiger partial charge < -0.3 is 5.32 Å². The Kier molecular flexibility index (Phi) is 3.84. The third-order valence-electron chi connectivity index (χ3n) is 3.72. The Balaban J connectivity index is 1.91. The topological polar surface area (TPSA) is 24.9 Å². The van der Waals surface area contributed by atoms with Crippen molar-refractivity contribution in [1.82, 2.24) is 10.3 Å². The number of rotatable bonds is 4. The monoisotopic (exact) mass is 304 g/mol. The second kappa shape index (κ2) is 5.50. The number of thiazole rings is 1. The quantitative estimate of drug-likeness (QED) is 0.904. The Bertz CT molecular complexity index is 608. The summed E-state index contributed by atoms with van der Waals surface area (Å²) in [4.78, 5) is 4.82. The van der Waals surface area contributed by atoms with E-state index in [-0.39, 0.29) is 17.3 Å². The average Bonchev–Trinajstić information content (AvgIpc) is 3.10. The van der Waals surface area contributed by atoms with E-state index >= 15 is 0 Å². The molecular weight excluding hydrogens is 283 g/mol. The maximum Gasteiger partial charge on any atom is 0.123 e. The second-order valence-electron chi connectivity index (χ2n) is 6.75. The van der Waals surface area contributed by atoms with Crippen molar-refractivity contribution in [1.29, 1.82) is 0 Å². The fraction of sp³-hybridized carbons (Fsp3) is 0.471. The lowest BCUT2D eigenvalue weighted by atomic mass is 9.93. The van der Waals surface area contributed by atoms with E-state index in [1.807, 2.05) is 12.1 Å². The first-order valence-corrected chi connectivity index (χ1v) is 8.29. The van der Waals surface area contributed by atoms with Crippen LogP contribution in [-0.2, 0) is 5.41 Å². The van der Waals surface area contributed by atoms with Crippen molar-refractivity contribution in [2.75, 3.05) is 0 Å². The Morgan fingerprint density at radius 3 is 2.43 bits per heavy atom. The first-order valence-electron chi connectivity index (χ1n) is 7.41. The molecule has 1 heterocycles. The summed E-state index contributed by atoms with van der Waals surface area (Å²) in [7, 11) is 0. The van der Waals surface area contributed by atoms with Crippen molar-refractivity contribution < 1.29 is 4.39 Å². The lowest BCUT2D eigenvalue weighted by Crippen LogP contribution is -2.24. The Morgan fingerprint density at radius 1 is 1.24 bits per heavy atom. The zero-order valence-corrected chi connectivity index (χ0v) is 13.5. The normalized spacial score (nSPS) is 17.0. The van der Waals surface area contributed by atoms with E-state index in [1.54, 1.807) is 11.3 Å². The summed E-state index contributed by atoms with van der Waals surface area (Å²) in [6.45, 7) is 6.52. The molecule has 3 rings (SSSR count). The molecule has 2 nitrogen and oxygen atoms in total. The van der Waals surface area contributed by atoms with Gasteiger partial charge in [0.05, 0.1) is 11.7 Å². The molecule has 112 valence electrons. The van der Waals surface area contributed by atoms with Crippen LogP contribution in [0, 0.1) is 5.82 Å². The molecule has 0 amide bonds. The van der Waals surface area contributed by atoms with Crippen molar-refractivity contribution in [3.8, 4) is 0 Å². The number of benzene rings is 1.